The molecule has 0 atom stereocenters. The van der Waals surface area contributed by atoms with Crippen molar-refractivity contribution in [2.24, 2.45) is 0 Å². The van der Waals surface area contributed by atoms with Crippen LogP contribution in [0, 0.1) is 13.8 Å². The number of hydrogen-bond acceptors (Lipinski definition) is 4. The Labute approximate surface area is 170 Å². The van der Waals surface area contributed by atoms with Gasteiger partial charge in [-0.3, -0.25) is 20.4 Å². The van der Waals surface area contributed by atoms with E-state index in [2.05, 4.69) is 27.6 Å². The first-order valence-electron chi connectivity index (χ1n) is 9.34. The largest absolute Gasteiger partial charge is 0.493 e. The normalized spacial score (nSPS) is 10.0. The van der Waals surface area contributed by atoms with E-state index in [0.717, 1.165) is 24.2 Å². The van der Waals surface area contributed by atoms with Crippen LogP contribution >= 0.6 is 0 Å². The van der Waals surface area contributed by atoms with Crippen molar-refractivity contribution in [3.8, 4) is 5.75 Å². The molecule has 2 aromatic rings. The highest BCUT2D eigenvalue weighted by molar-refractivity contribution is 5.95. The fraction of sp³-hybridized carbons (Fsp3) is 0.286. The van der Waals surface area contributed by atoms with Crippen LogP contribution in [0.25, 0.3) is 0 Å². The Hall–Kier alpha value is -3.55. The van der Waals surface area contributed by atoms with Crippen LogP contribution < -0.4 is 26.2 Å². The molecular weight excluding hydrogens is 372 g/mol. The number of nitrogens with one attached hydrogen (secondary N) is 4. The Kier molecular flexibility index (Phi) is 8.50. The average molecular weight is 398 g/mol. The van der Waals surface area contributed by atoms with Crippen molar-refractivity contribution in [2.75, 3.05) is 18.5 Å². The van der Waals surface area contributed by atoms with E-state index in [0.29, 0.717) is 30.8 Å². The lowest BCUT2D eigenvalue weighted by Gasteiger charge is -2.10. The molecule has 4 N–H and O–H groups in total. The Balaban J connectivity index is 1.63. The third-order valence-corrected chi connectivity index (χ3v) is 4.09. The van der Waals surface area contributed by atoms with E-state index in [-0.39, 0.29) is 6.03 Å². The minimum atomic E-state index is -0.448. The molecule has 0 bridgehead atoms. The summed E-state index contributed by atoms with van der Waals surface area (Å²) in [5.41, 5.74) is 7.51. The summed E-state index contributed by atoms with van der Waals surface area (Å²) in [6, 6.07) is 12.1. The number of anilines is 1. The van der Waals surface area contributed by atoms with E-state index in [1.807, 2.05) is 26.0 Å². The quantitative estimate of drug-likeness (QED) is 0.280. The molecule has 4 amide bonds. The number of carbonyl (C=O) groups is 3. The van der Waals surface area contributed by atoms with E-state index in [9.17, 15) is 14.4 Å². The van der Waals surface area contributed by atoms with Gasteiger partial charge in [-0.25, -0.2) is 4.79 Å². The van der Waals surface area contributed by atoms with Crippen molar-refractivity contribution in [1.82, 2.24) is 16.2 Å². The van der Waals surface area contributed by atoms with Crippen molar-refractivity contribution in [3.63, 3.8) is 0 Å². The predicted molar refractivity (Wildman–Crippen MR) is 111 cm³/mol. The molecule has 8 heteroatoms. The maximum atomic E-state index is 11.9. The lowest BCUT2D eigenvalue weighted by molar-refractivity contribution is -0.110. The monoisotopic (exact) mass is 398 g/mol. The lowest BCUT2D eigenvalue weighted by atomic mass is 10.1. The molecule has 0 saturated carbocycles. The standard InChI is InChI=1S/C21H26N4O4/c1-15-5-10-19(16(2)13-15)29-12-4-3-11-22-21(28)24-18-8-6-17(7-9-18)20(27)25-23-14-26/h5-10,13-14H,3-4,11-12H2,1-2H3,(H,23,26)(H,25,27)(H2,22,24,28). The molecule has 154 valence electrons. The number of hydrazine groups is 1. The molecule has 0 heterocycles. The first kappa shape index (κ1) is 21.7. The highest BCUT2D eigenvalue weighted by Crippen LogP contribution is 2.18. The number of carbonyl (C=O) groups excluding carboxylic acids is 3. The van der Waals surface area contributed by atoms with Crippen LogP contribution in [0.5, 0.6) is 5.75 Å². The van der Waals surface area contributed by atoms with Gasteiger partial charge in [0.15, 0.2) is 0 Å². The molecule has 0 aromatic heterocycles. The summed E-state index contributed by atoms with van der Waals surface area (Å²) < 4.78 is 5.76. The second-order valence-corrected chi connectivity index (χ2v) is 6.50. The lowest BCUT2D eigenvalue weighted by Crippen LogP contribution is -2.36. The van der Waals surface area contributed by atoms with Gasteiger partial charge in [-0.15, -0.1) is 0 Å². The number of urea groups is 1. The van der Waals surface area contributed by atoms with E-state index in [1.54, 1.807) is 24.3 Å². The zero-order chi connectivity index (χ0) is 21.1. The fourth-order valence-corrected chi connectivity index (χ4v) is 2.62. The van der Waals surface area contributed by atoms with Crippen molar-refractivity contribution in [2.45, 2.75) is 26.7 Å². The van der Waals surface area contributed by atoms with Gasteiger partial charge >= 0.3 is 6.03 Å². The molecule has 0 aliphatic heterocycles. The van der Waals surface area contributed by atoms with Crippen LogP contribution in [0.15, 0.2) is 42.5 Å². The maximum Gasteiger partial charge on any atom is 0.319 e. The van der Waals surface area contributed by atoms with E-state index in [4.69, 9.17) is 4.74 Å². The molecular formula is C21H26N4O4. The highest BCUT2D eigenvalue weighted by atomic mass is 16.5. The predicted octanol–water partition coefficient (Wildman–Crippen LogP) is 2.67. The van der Waals surface area contributed by atoms with Gasteiger partial charge in [0.05, 0.1) is 6.61 Å². The molecule has 0 saturated heterocycles. The average Bonchev–Trinajstić information content (AvgIpc) is 2.70. The van der Waals surface area contributed by atoms with Gasteiger partial charge in [-0.1, -0.05) is 17.7 Å². The second-order valence-electron chi connectivity index (χ2n) is 6.50. The van der Waals surface area contributed by atoms with Gasteiger partial charge in [0.25, 0.3) is 5.91 Å². The van der Waals surface area contributed by atoms with E-state index < -0.39 is 5.91 Å². The third kappa shape index (κ3) is 7.53. The first-order valence-corrected chi connectivity index (χ1v) is 9.34. The van der Waals surface area contributed by atoms with Gasteiger partial charge < -0.3 is 15.4 Å². The van der Waals surface area contributed by atoms with Crippen LogP contribution in [0.3, 0.4) is 0 Å². The number of hydrogen-bond donors (Lipinski definition) is 4. The molecule has 0 spiro atoms. The topological polar surface area (TPSA) is 109 Å². The van der Waals surface area contributed by atoms with Gasteiger partial charge in [0, 0.05) is 17.8 Å². The van der Waals surface area contributed by atoms with Crippen LogP contribution in [-0.2, 0) is 4.79 Å². The smallest absolute Gasteiger partial charge is 0.319 e. The molecule has 0 radical (unpaired) electrons. The molecule has 0 unspecified atom stereocenters. The Morgan fingerprint density at radius 1 is 1.03 bits per heavy atom. The molecule has 0 aliphatic carbocycles. The summed E-state index contributed by atoms with van der Waals surface area (Å²) >= 11 is 0. The van der Waals surface area contributed by atoms with Crippen LogP contribution in [0.1, 0.15) is 34.3 Å². The third-order valence-electron chi connectivity index (χ3n) is 4.09. The van der Waals surface area contributed by atoms with Crippen molar-refractivity contribution in [1.29, 1.82) is 0 Å². The summed E-state index contributed by atoms with van der Waals surface area (Å²) in [4.78, 5) is 33.7. The van der Waals surface area contributed by atoms with Gasteiger partial charge in [0.1, 0.15) is 5.75 Å². The number of unbranched alkanes of at least 4 members (excludes halogenated alkanes) is 1. The molecule has 8 nitrogen and oxygen atoms in total. The number of ether oxygens (including phenoxy) is 1. The Morgan fingerprint density at radius 3 is 2.48 bits per heavy atom. The summed E-state index contributed by atoms with van der Waals surface area (Å²) in [6.45, 7) is 5.19. The van der Waals surface area contributed by atoms with E-state index >= 15 is 0 Å². The van der Waals surface area contributed by atoms with Crippen molar-refractivity contribution in [3.05, 3.63) is 59.2 Å². The molecule has 0 fully saturated rings. The van der Waals surface area contributed by atoms with Crippen molar-refractivity contribution >= 4 is 24.0 Å². The molecule has 2 rings (SSSR count). The van der Waals surface area contributed by atoms with Crippen LogP contribution in [-0.4, -0.2) is 31.5 Å². The maximum absolute atomic E-state index is 11.9. The fourth-order valence-electron chi connectivity index (χ4n) is 2.62. The summed E-state index contributed by atoms with van der Waals surface area (Å²) in [5.74, 6) is 0.441. The van der Waals surface area contributed by atoms with Crippen LogP contribution in [0.2, 0.25) is 0 Å². The Bertz CT molecular complexity index is 837. The zero-order valence-electron chi connectivity index (χ0n) is 16.6. The number of rotatable bonds is 10. The Morgan fingerprint density at radius 2 is 1.79 bits per heavy atom. The second kappa shape index (κ2) is 11.3. The minimum absolute atomic E-state index is 0.319. The number of aryl methyl sites for hydroxylation is 2. The molecule has 0 aliphatic rings. The zero-order valence-corrected chi connectivity index (χ0v) is 16.6. The van der Waals surface area contributed by atoms with Crippen molar-refractivity contribution < 1.29 is 19.1 Å². The first-order chi connectivity index (χ1) is 14.0. The minimum Gasteiger partial charge on any atom is -0.493 e. The summed E-state index contributed by atoms with van der Waals surface area (Å²) in [7, 11) is 0. The van der Waals surface area contributed by atoms with Crippen LogP contribution in [0.4, 0.5) is 10.5 Å². The molecule has 29 heavy (non-hydrogen) atoms. The molecule has 2 aromatic carbocycles. The van der Waals surface area contributed by atoms with E-state index in [1.165, 1.54) is 5.56 Å². The highest BCUT2D eigenvalue weighted by Gasteiger charge is 2.06. The van der Waals surface area contributed by atoms with Gasteiger partial charge in [0.2, 0.25) is 6.41 Å². The number of amides is 4. The van der Waals surface area contributed by atoms with Gasteiger partial charge in [-0.05, 0) is 62.6 Å². The summed E-state index contributed by atoms with van der Waals surface area (Å²) in [5, 5.41) is 5.48. The summed E-state index contributed by atoms with van der Waals surface area (Å²) in [6.07, 6.45) is 1.99. The SMILES string of the molecule is Cc1ccc(OCCCCNC(=O)Nc2ccc(C(=O)NNC=O)cc2)c(C)c1. The van der Waals surface area contributed by atoms with Gasteiger partial charge in [-0.2, -0.15) is 0 Å². The number of benzene rings is 2.